The molecule has 22 heavy (non-hydrogen) atoms. The Labute approximate surface area is 133 Å². The zero-order valence-corrected chi connectivity index (χ0v) is 14.1. The molecule has 2 unspecified atom stereocenters. The van der Waals surface area contributed by atoms with Crippen LogP contribution in [-0.4, -0.2) is 34.7 Å². The van der Waals surface area contributed by atoms with E-state index in [0.29, 0.717) is 19.0 Å². The van der Waals surface area contributed by atoms with Gasteiger partial charge in [-0.15, -0.1) is 0 Å². The van der Waals surface area contributed by atoms with Crippen molar-refractivity contribution in [3.8, 4) is 0 Å². The van der Waals surface area contributed by atoms with Crippen LogP contribution in [0.4, 0.5) is 4.79 Å². The molecule has 0 spiro atoms. The molecule has 122 valence electrons. The molecule has 0 saturated carbocycles. The third kappa shape index (κ3) is 4.01. The van der Waals surface area contributed by atoms with Crippen molar-refractivity contribution < 1.29 is 9.90 Å². The summed E-state index contributed by atoms with van der Waals surface area (Å²) in [6, 6.07) is 8.30. The monoisotopic (exact) mass is 304 g/mol. The van der Waals surface area contributed by atoms with Crippen LogP contribution in [0.3, 0.4) is 0 Å². The van der Waals surface area contributed by atoms with Gasteiger partial charge in [-0.05, 0) is 50.7 Å². The summed E-state index contributed by atoms with van der Waals surface area (Å²) in [7, 11) is 0. The minimum absolute atomic E-state index is 0.0494. The molecule has 4 heteroatoms. The Bertz CT molecular complexity index is 522. The molecular formula is C18H28N2O2. The van der Waals surface area contributed by atoms with Crippen molar-refractivity contribution >= 4 is 6.03 Å². The highest BCUT2D eigenvalue weighted by atomic mass is 16.3. The van der Waals surface area contributed by atoms with Crippen LogP contribution in [0.1, 0.15) is 51.3 Å². The molecule has 0 bridgehead atoms. The second-order valence-electron chi connectivity index (χ2n) is 6.97. The van der Waals surface area contributed by atoms with Crippen molar-refractivity contribution in [3.05, 3.63) is 35.4 Å². The second kappa shape index (κ2) is 6.69. The number of rotatable bonds is 4. The Morgan fingerprint density at radius 2 is 2.09 bits per heavy atom. The van der Waals surface area contributed by atoms with Crippen molar-refractivity contribution in [2.45, 2.75) is 52.2 Å². The van der Waals surface area contributed by atoms with Gasteiger partial charge in [0.15, 0.2) is 0 Å². The van der Waals surface area contributed by atoms with Crippen molar-refractivity contribution in [2.75, 3.05) is 13.1 Å². The molecule has 1 aliphatic rings. The molecule has 0 fully saturated rings. The first kappa shape index (κ1) is 16.8. The van der Waals surface area contributed by atoms with Gasteiger partial charge in [-0.1, -0.05) is 31.2 Å². The lowest BCUT2D eigenvalue weighted by Crippen LogP contribution is -2.49. The first-order chi connectivity index (χ1) is 10.3. The van der Waals surface area contributed by atoms with Gasteiger partial charge >= 0.3 is 6.03 Å². The number of carbonyl (C=O) groups is 1. The molecular weight excluding hydrogens is 276 g/mol. The summed E-state index contributed by atoms with van der Waals surface area (Å²) >= 11 is 0. The van der Waals surface area contributed by atoms with Crippen LogP contribution < -0.4 is 5.32 Å². The molecule has 0 radical (unpaired) electrons. The van der Waals surface area contributed by atoms with E-state index in [4.69, 9.17) is 0 Å². The predicted molar refractivity (Wildman–Crippen MR) is 88.7 cm³/mol. The molecule has 2 amide bonds. The summed E-state index contributed by atoms with van der Waals surface area (Å²) in [5.74, 6) is 0.416. The molecule has 2 atom stereocenters. The van der Waals surface area contributed by atoms with Crippen LogP contribution in [0.25, 0.3) is 0 Å². The molecule has 2 rings (SSSR count). The Morgan fingerprint density at radius 1 is 1.41 bits per heavy atom. The third-order valence-corrected chi connectivity index (χ3v) is 4.35. The molecule has 1 aromatic carbocycles. The van der Waals surface area contributed by atoms with Gasteiger partial charge in [0.25, 0.3) is 0 Å². The molecule has 0 heterocycles. The van der Waals surface area contributed by atoms with Crippen LogP contribution in [-0.2, 0) is 6.42 Å². The number of aryl methyl sites for hydroxylation is 1. The summed E-state index contributed by atoms with van der Waals surface area (Å²) in [4.78, 5) is 14.2. The highest BCUT2D eigenvalue weighted by molar-refractivity contribution is 5.75. The smallest absolute Gasteiger partial charge is 0.317 e. The van der Waals surface area contributed by atoms with Crippen molar-refractivity contribution in [1.29, 1.82) is 0 Å². The summed E-state index contributed by atoms with van der Waals surface area (Å²) < 4.78 is 0. The van der Waals surface area contributed by atoms with E-state index < -0.39 is 5.60 Å². The van der Waals surface area contributed by atoms with Gasteiger partial charge in [0, 0.05) is 6.54 Å². The highest BCUT2D eigenvalue weighted by Crippen LogP contribution is 2.34. The van der Waals surface area contributed by atoms with E-state index in [1.165, 1.54) is 11.1 Å². The molecule has 1 aromatic rings. The molecule has 4 nitrogen and oxygen atoms in total. The zero-order chi connectivity index (χ0) is 16.3. The number of urea groups is 1. The number of fused-ring (bicyclic) bond motifs is 1. The largest absolute Gasteiger partial charge is 0.389 e. The number of nitrogens with zero attached hydrogens (tertiary/aromatic N) is 1. The summed E-state index contributed by atoms with van der Waals surface area (Å²) in [6.45, 7) is 8.48. The lowest BCUT2D eigenvalue weighted by Gasteiger charge is -2.35. The fraction of sp³-hybridized carbons (Fsp3) is 0.611. The highest BCUT2D eigenvalue weighted by Gasteiger charge is 2.29. The van der Waals surface area contributed by atoms with Crippen LogP contribution in [0, 0.1) is 5.92 Å². The number of carbonyl (C=O) groups excluding carboxylic acids is 1. The molecule has 0 aromatic heterocycles. The summed E-state index contributed by atoms with van der Waals surface area (Å²) in [5.41, 5.74) is 1.68. The van der Waals surface area contributed by atoms with Gasteiger partial charge in [-0.25, -0.2) is 4.79 Å². The topological polar surface area (TPSA) is 52.6 Å². The maximum absolute atomic E-state index is 12.6. The van der Waals surface area contributed by atoms with E-state index in [1.807, 2.05) is 13.0 Å². The van der Waals surface area contributed by atoms with Crippen molar-refractivity contribution in [1.82, 2.24) is 10.2 Å². The SMILES string of the molecule is CCN(CC(C)(C)O)C(=O)NC1c2ccccc2CCC1C. The molecule has 1 aliphatic carbocycles. The minimum Gasteiger partial charge on any atom is -0.389 e. The Kier molecular flexibility index (Phi) is 5.12. The summed E-state index contributed by atoms with van der Waals surface area (Å²) in [6.07, 6.45) is 2.16. The minimum atomic E-state index is -0.885. The molecule has 2 N–H and O–H groups in total. The zero-order valence-electron chi connectivity index (χ0n) is 14.1. The standard InChI is InChI=1S/C18H28N2O2/c1-5-20(12-18(3,4)22)17(21)19-16-13(2)10-11-14-8-6-7-9-15(14)16/h6-9,13,16,22H,5,10-12H2,1-4H3,(H,19,21). The van der Waals surface area contributed by atoms with Crippen LogP contribution in [0.2, 0.25) is 0 Å². The molecule has 0 aliphatic heterocycles. The van der Waals surface area contributed by atoms with Crippen LogP contribution in [0.5, 0.6) is 0 Å². The lowest BCUT2D eigenvalue weighted by atomic mass is 9.81. The van der Waals surface area contributed by atoms with E-state index in [0.717, 1.165) is 12.8 Å². The maximum Gasteiger partial charge on any atom is 0.317 e. The van der Waals surface area contributed by atoms with Gasteiger partial charge < -0.3 is 15.3 Å². The van der Waals surface area contributed by atoms with Gasteiger partial charge in [-0.2, -0.15) is 0 Å². The Morgan fingerprint density at radius 3 is 2.73 bits per heavy atom. The van der Waals surface area contributed by atoms with E-state index in [2.05, 4.69) is 30.4 Å². The van der Waals surface area contributed by atoms with Gasteiger partial charge in [0.1, 0.15) is 0 Å². The van der Waals surface area contributed by atoms with Gasteiger partial charge in [-0.3, -0.25) is 0 Å². The first-order valence-corrected chi connectivity index (χ1v) is 8.17. The number of likely N-dealkylation sites (N-methyl/N-ethyl adjacent to an activating group) is 1. The second-order valence-corrected chi connectivity index (χ2v) is 6.97. The van der Waals surface area contributed by atoms with E-state index in [1.54, 1.807) is 18.7 Å². The quantitative estimate of drug-likeness (QED) is 0.898. The van der Waals surface area contributed by atoms with Gasteiger partial charge in [0.05, 0.1) is 18.2 Å². The fourth-order valence-corrected chi connectivity index (χ4v) is 3.16. The molecule has 0 saturated heterocycles. The third-order valence-electron chi connectivity index (χ3n) is 4.35. The van der Waals surface area contributed by atoms with Crippen molar-refractivity contribution in [3.63, 3.8) is 0 Å². The van der Waals surface area contributed by atoms with Crippen molar-refractivity contribution in [2.24, 2.45) is 5.92 Å². The van der Waals surface area contributed by atoms with Crippen LogP contribution >= 0.6 is 0 Å². The average molecular weight is 304 g/mol. The fourth-order valence-electron chi connectivity index (χ4n) is 3.16. The number of hydrogen-bond donors (Lipinski definition) is 2. The van der Waals surface area contributed by atoms with Crippen LogP contribution in [0.15, 0.2) is 24.3 Å². The maximum atomic E-state index is 12.6. The predicted octanol–water partition coefficient (Wildman–Crippen LogP) is 3.11. The first-order valence-electron chi connectivity index (χ1n) is 8.17. The van der Waals surface area contributed by atoms with Gasteiger partial charge in [0.2, 0.25) is 0 Å². The van der Waals surface area contributed by atoms with E-state index >= 15 is 0 Å². The number of benzene rings is 1. The number of hydrogen-bond acceptors (Lipinski definition) is 2. The average Bonchev–Trinajstić information content (AvgIpc) is 2.46. The summed E-state index contributed by atoms with van der Waals surface area (Å²) in [5, 5.41) is 13.1. The van der Waals surface area contributed by atoms with E-state index in [-0.39, 0.29) is 12.1 Å². The lowest BCUT2D eigenvalue weighted by molar-refractivity contribution is 0.0471. The Balaban J connectivity index is 2.13. The number of aliphatic hydroxyl groups is 1. The number of amides is 2. The Hall–Kier alpha value is -1.55. The van der Waals surface area contributed by atoms with E-state index in [9.17, 15) is 9.90 Å². The number of nitrogens with one attached hydrogen (secondary N) is 1. The normalized spacial score (nSPS) is 21.1.